The Morgan fingerprint density at radius 3 is 2.28 bits per heavy atom. The van der Waals surface area contributed by atoms with Crippen LogP contribution in [0.25, 0.3) is 16.9 Å². The fourth-order valence-electron chi connectivity index (χ4n) is 4.83. The molecule has 0 radical (unpaired) electrons. The van der Waals surface area contributed by atoms with Crippen LogP contribution in [0, 0.1) is 5.92 Å². The number of nitrogens with one attached hydrogen (secondary N) is 2. The van der Waals surface area contributed by atoms with Gasteiger partial charge in [0, 0.05) is 23.9 Å². The van der Waals surface area contributed by atoms with Crippen molar-refractivity contribution in [2.24, 2.45) is 5.92 Å². The number of likely N-dealkylation sites (tertiary alicyclic amines) is 1. The summed E-state index contributed by atoms with van der Waals surface area (Å²) >= 11 is 0. The van der Waals surface area contributed by atoms with Gasteiger partial charge in [0.05, 0.1) is 11.4 Å². The largest absolute Gasteiger partial charge is 0.323 e. The number of para-hydroxylation sites is 1. The normalized spacial score (nSPS) is 22.0. The van der Waals surface area contributed by atoms with Gasteiger partial charge < -0.3 is 5.32 Å². The zero-order chi connectivity index (χ0) is 22.1. The molecule has 2 fully saturated rings. The molecule has 3 aromatic rings. The molecule has 2 aromatic carbocycles. The lowest BCUT2D eigenvalue weighted by molar-refractivity contribution is -0.125. The second kappa shape index (κ2) is 8.24. The molecule has 2 aliphatic heterocycles. The Morgan fingerprint density at radius 1 is 1.00 bits per heavy atom. The molecule has 164 valence electrons. The van der Waals surface area contributed by atoms with Gasteiger partial charge in [-0.15, -0.1) is 0 Å². The standard InChI is InChI=1S/C25H27N5O2/c1-25(23(31)26-24(32)27-25)20-12-14-29(15-13-20)16-19-17-30(21-10-6-3-7-11-21)28-22(19)18-8-4-2-5-9-18/h2-11,17,20H,12-16H2,1H3,(H2,26,27,31,32)/t25-/m0/s1. The van der Waals surface area contributed by atoms with Gasteiger partial charge in [0.15, 0.2) is 0 Å². The van der Waals surface area contributed by atoms with Crippen LogP contribution in [0.3, 0.4) is 0 Å². The number of imide groups is 1. The minimum Gasteiger partial charge on any atom is -0.323 e. The lowest BCUT2D eigenvalue weighted by Gasteiger charge is -2.38. The van der Waals surface area contributed by atoms with Gasteiger partial charge in [-0.2, -0.15) is 5.10 Å². The van der Waals surface area contributed by atoms with Crippen molar-refractivity contribution < 1.29 is 9.59 Å². The number of benzene rings is 2. The highest BCUT2D eigenvalue weighted by Gasteiger charge is 2.48. The molecule has 1 aromatic heterocycles. The molecule has 0 bridgehead atoms. The Bertz CT molecular complexity index is 1120. The minimum absolute atomic E-state index is 0.130. The Labute approximate surface area is 187 Å². The number of carbonyl (C=O) groups excluding carboxylic acids is 2. The summed E-state index contributed by atoms with van der Waals surface area (Å²) in [6.07, 6.45) is 3.84. The van der Waals surface area contributed by atoms with Crippen LogP contribution < -0.4 is 10.6 Å². The van der Waals surface area contributed by atoms with Crippen molar-refractivity contribution in [3.8, 4) is 16.9 Å². The molecule has 32 heavy (non-hydrogen) atoms. The van der Waals surface area contributed by atoms with Gasteiger partial charge in [0.1, 0.15) is 5.54 Å². The predicted molar refractivity (Wildman–Crippen MR) is 122 cm³/mol. The number of rotatable bonds is 5. The highest BCUT2D eigenvalue weighted by molar-refractivity contribution is 6.06. The molecule has 2 aliphatic rings. The van der Waals surface area contributed by atoms with Crippen molar-refractivity contribution in [2.75, 3.05) is 13.1 Å². The van der Waals surface area contributed by atoms with Crippen molar-refractivity contribution in [1.29, 1.82) is 0 Å². The summed E-state index contributed by atoms with van der Waals surface area (Å²) in [6.45, 7) is 4.37. The Balaban J connectivity index is 1.35. The molecule has 2 saturated heterocycles. The van der Waals surface area contributed by atoms with Gasteiger partial charge >= 0.3 is 6.03 Å². The maximum absolute atomic E-state index is 12.3. The molecule has 3 amide bonds. The first-order valence-corrected chi connectivity index (χ1v) is 11.1. The van der Waals surface area contributed by atoms with Gasteiger partial charge in [-0.3, -0.25) is 15.0 Å². The molecule has 1 atom stereocenters. The second-order valence-electron chi connectivity index (χ2n) is 8.81. The number of nitrogens with zero attached hydrogens (tertiary/aromatic N) is 3. The van der Waals surface area contributed by atoms with Crippen molar-refractivity contribution >= 4 is 11.9 Å². The van der Waals surface area contributed by atoms with Gasteiger partial charge in [-0.1, -0.05) is 48.5 Å². The van der Waals surface area contributed by atoms with Crippen molar-refractivity contribution in [1.82, 2.24) is 25.3 Å². The van der Waals surface area contributed by atoms with Gasteiger partial charge in [-0.25, -0.2) is 9.48 Å². The molecule has 0 spiro atoms. The molecule has 0 saturated carbocycles. The fraction of sp³-hybridized carbons (Fsp3) is 0.320. The quantitative estimate of drug-likeness (QED) is 0.610. The van der Waals surface area contributed by atoms with Crippen molar-refractivity contribution in [3.63, 3.8) is 0 Å². The average molecular weight is 430 g/mol. The van der Waals surface area contributed by atoms with Gasteiger partial charge in [-0.05, 0) is 50.9 Å². The van der Waals surface area contributed by atoms with E-state index in [1.54, 1.807) is 0 Å². The van der Waals surface area contributed by atoms with Crippen LogP contribution in [0.5, 0.6) is 0 Å². The van der Waals surface area contributed by atoms with Crippen molar-refractivity contribution in [3.05, 3.63) is 72.4 Å². The maximum atomic E-state index is 12.3. The first-order chi connectivity index (χ1) is 15.5. The summed E-state index contributed by atoms with van der Waals surface area (Å²) in [5, 5.41) is 10.1. The Hall–Kier alpha value is -3.45. The fourth-order valence-corrected chi connectivity index (χ4v) is 4.83. The van der Waals surface area contributed by atoms with Gasteiger partial charge in [0.2, 0.25) is 0 Å². The van der Waals surface area contributed by atoms with E-state index in [1.807, 2.05) is 48.0 Å². The van der Waals surface area contributed by atoms with Crippen LogP contribution >= 0.6 is 0 Å². The third kappa shape index (κ3) is 3.80. The van der Waals surface area contributed by atoms with E-state index in [0.29, 0.717) is 0 Å². The third-order valence-electron chi connectivity index (χ3n) is 6.73. The zero-order valence-electron chi connectivity index (χ0n) is 18.1. The van der Waals surface area contributed by atoms with E-state index in [2.05, 4.69) is 46.0 Å². The third-order valence-corrected chi connectivity index (χ3v) is 6.73. The second-order valence-corrected chi connectivity index (χ2v) is 8.81. The summed E-state index contributed by atoms with van der Waals surface area (Å²) in [7, 11) is 0. The molecular weight excluding hydrogens is 402 g/mol. The molecule has 0 aliphatic carbocycles. The SMILES string of the molecule is C[C@@]1(C2CCN(Cc3cn(-c4ccccc4)nc3-c3ccccc3)CC2)NC(=O)NC1=O. The van der Waals surface area contributed by atoms with E-state index >= 15 is 0 Å². The zero-order valence-corrected chi connectivity index (χ0v) is 18.1. The predicted octanol–water partition coefficient (Wildman–Crippen LogP) is 3.35. The topological polar surface area (TPSA) is 79.3 Å². The molecule has 0 unspecified atom stereocenters. The first kappa shape index (κ1) is 20.5. The van der Waals surface area contributed by atoms with E-state index in [4.69, 9.17) is 5.10 Å². The molecule has 7 heteroatoms. The molecule has 7 nitrogen and oxygen atoms in total. The number of hydrogen-bond acceptors (Lipinski definition) is 4. The highest BCUT2D eigenvalue weighted by Crippen LogP contribution is 2.32. The summed E-state index contributed by atoms with van der Waals surface area (Å²) in [5.41, 5.74) is 3.49. The lowest BCUT2D eigenvalue weighted by Crippen LogP contribution is -2.53. The minimum atomic E-state index is -0.809. The first-order valence-electron chi connectivity index (χ1n) is 11.1. The maximum Gasteiger partial charge on any atom is 0.322 e. The number of amides is 3. The molecular formula is C25H27N5O2. The number of piperidine rings is 1. The number of urea groups is 1. The van der Waals surface area contributed by atoms with E-state index in [9.17, 15) is 9.59 Å². The van der Waals surface area contributed by atoms with Crippen LogP contribution in [0.1, 0.15) is 25.3 Å². The van der Waals surface area contributed by atoms with Crippen LogP contribution in [0.15, 0.2) is 66.9 Å². The summed E-state index contributed by atoms with van der Waals surface area (Å²) in [6, 6.07) is 20.0. The summed E-state index contributed by atoms with van der Waals surface area (Å²) in [5.74, 6) is -0.0812. The Kier molecular flexibility index (Phi) is 5.27. The van der Waals surface area contributed by atoms with Crippen LogP contribution in [0.2, 0.25) is 0 Å². The molecule has 3 heterocycles. The smallest absolute Gasteiger partial charge is 0.322 e. The Morgan fingerprint density at radius 2 is 1.66 bits per heavy atom. The van der Waals surface area contributed by atoms with E-state index in [1.165, 1.54) is 5.56 Å². The van der Waals surface area contributed by atoms with Crippen LogP contribution in [-0.2, 0) is 11.3 Å². The number of carbonyl (C=O) groups is 2. The van der Waals surface area contributed by atoms with Gasteiger partial charge in [0.25, 0.3) is 5.91 Å². The number of aromatic nitrogens is 2. The van der Waals surface area contributed by atoms with Crippen molar-refractivity contribution in [2.45, 2.75) is 31.8 Å². The van der Waals surface area contributed by atoms with E-state index in [0.717, 1.165) is 49.4 Å². The summed E-state index contributed by atoms with van der Waals surface area (Å²) in [4.78, 5) is 26.4. The molecule has 2 N–H and O–H groups in total. The van der Waals surface area contributed by atoms with E-state index in [-0.39, 0.29) is 17.9 Å². The molecule has 5 rings (SSSR count). The summed E-state index contributed by atoms with van der Waals surface area (Å²) < 4.78 is 1.95. The number of hydrogen-bond donors (Lipinski definition) is 2. The van der Waals surface area contributed by atoms with Crippen LogP contribution in [0.4, 0.5) is 4.79 Å². The van der Waals surface area contributed by atoms with Crippen LogP contribution in [-0.4, -0.2) is 45.2 Å². The highest BCUT2D eigenvalue weighted by atomic mass is 16.2. The monoisotopic (exact) mass is 429 g/mol. The lowest BCUT2D eigenvalue weighted by atomic mass is 9.79. The average Bonchev–Trinajstić information content (AvgIpc) is 3.35. The van der Waals surface area contributed by atoms with E-state index < -0.39 is 5.54 Å².